The summed E-state index contributed by atoms with van der Waals surface area (Å²) in [6.07, 6.45) is 3.18. The van der Waals surface area contributed by atoms with Crippen molar-refractivity contribution in [2.24, 2.45) is 10.2 Å². The van der Waals surface area contributed by atoms with E-state index in [1.807, 2.05) is 0 Å². The molecule has 0 unspecified atom stereocenters. The van der Waals surface area contributed by atoms with Crippen LogP contribution in [0, 0.1) is 10.1 Å². The van der Waals surface area contributed by atoms with Crippen molar-refractivity contribution in [1.29, 1.82) is 0 Å². The lowest BCUT2D eigenvalue weighted by Gasteiger charge is -2.17. The molecule has 0 saturated heterocycles. The number of nitro groups is 1. The number of hydrogen-bond donors (Lipinski definition) is 2. The summed E-state index contributed by atoms with van der Waals surface area (Å²) in [6.45, 7) is 0.186. The SMILES string of the molecule is NS(=O)(=O)c1ccc(N/N=C/C2=Cc3cc(Cl)cc(Cl)c3OC2)c([N+](=O)[O-])c1. The average molecular weight is 443 g/mol. The Hall–Kier alpha value is -2.66. The van der Waals surface area contributed by atoms with E-state index in [1.165, 1.54) is 12.3 Å². The van der Waals surface area contributed by atoms with E-state index in [0.29, 0.717) is 26.9 Å². The molecule has 146 valence electrons. The minimum absolute atomic E-state index is 0.00235. The maximum Gasteiger partial charge on any atom is 0.295 e. The summed E-state index contributed by atoms with van der Waals surface area (Å²) in [7, 11) is -4.07. The Morgan fingerprint density at radius 2 is 2.04 bits per heavy atom. The number of rotatable bonds is 5. The van der Waals surface area contributed by atoms with E-state index in [2.05, 4.69) is 10.5 Å². The van der Waals surface area contributed by atoms with E-state index < -0.39 is 20.6 Å². The first-order valence-corrected chi connectivity index (χ1v) is 9.88. The van der Waals surface area contributed by atoms with Crippen LogP contribution in [0.5, 0.6) is 5.75 Å². The van der Waals surface area contributed by atoms with Crippen LogP contribution in [-0.4, -0.2) is 26.2 Å². The molecule has 0 saturated carbocycles. The van der Waals surface area contributed by atoms with Crippen LogP contribution in [0.15, 0.2) is 45.9 Å². The van der Waals surface area contributed by atoms with Gasteiger partial charge in [-0.15, -0.1) is 0 Å². The number of halogens is 2. The van der Waals surface area contributed by atoms with Crippen molar-refractivity contribution in [1.82, 2.24) is 0 Å². The van der Waals surface area contributed by atoms with Crippen LogP contribution in [0.2, 0.25) is 10.0 Å². The zero-order valence-electron chi connectivity index (χ0n) is 13.9. The number of nitro benzene ring substituents is 1. The maximum absolute atomic E-state index is 11.4. The zero-order chi connectivity index (χ0) is 20.5. The second-order valence-electron chi connectivity index (χ2n) is 5.66. The van der Waals surface area contributed by atoms with Crippen LogP contribution >= 0.6 is 23.2 Å². The van der Waals surface area contributed by atoms with Gasteiger partial charge in [-0.1, -0.05) is 23.2 Å². The van der Waals surface area contributed by atoms with Gasteiger partial charge >= 0.3 is 0 Å². The number of nitrogens with one attached hydrogen (secondary N) is 1. The standard InChI is InChI=1S/C16H12Cl2N4O5S/c17-11-4-10-3-9(8-27-16(10)13(18)5-11)7-20-21-14-2-1-12(28(19,25)26)6-15(14)22(23)24/h1-7,21H,8H2,(H2,19,25,26)/b20-7+. The summed E-state index contributed by atoms with van der Waals surface area (Å²) < 4.78 is 28.3. The van der Waals surface area contributed by atoms with Crippen LogP contribution in [0.25, 0.3) is 6.08 Å². The average Bonchev–Trinajstić information content (AvgIpc) is 2.60. The highest BCUT2D eigenvalue weighted by molar-refractivity contribution is 7.89. The van der Waals surface area contributed by atoms with Crippen molar-refractivity contribution in [2.75, 3.05) is 12.0 Å². The largest absolute Gasteiger partial charge is 0.487 e. The minimum atomic E-state index is -4.07. The molecule has 0 fully saturated rings. The summed E-state index contributed by atoms with van der Waals surface area (Å²) in [5.74, 6) is 0.505. The smallest absolute Gasteiger partial charge is 0.295 e. The van der Waals surface area contributed by atoms with Gasteiger partial charge < -0.3 is 4.74 Å². The third-order valence-electron chi connectivity index (χ3n) is 3.67. The summed E-state index contributed by atoms with van der Waals surface area (Å²) in [4.78, 5) is 10.1. The van der Waals surface area contributed by atoms with Crippen LogP contribution < -0.4 is 15.3 Å². The summed E-state index contributed by atoms with van der Waals surface area (Å²) in [5.41, 5.74) is 3.35. The normalized spacial score (nSPS) is 13.6. The number of anilines is 1. The van der Waals surface area contributed by atoms with Gasteiger partial charge in [0.05, 0.1) is 21.1 Å². The van der Waals surface area contributed by atoms with Gasteiger partial charge in [-0.3, -0.25) is 15.5 Å². The van der Waals surface area contributed by atoms with Crippen molar-refractivity contribution < 1.29 is 18.1 Å². The van der Waals surface area contributed by atoms with Crippen LogP contribution in [0.3, 0.4) is 0 Å². The molecule has 28 heavy (non-hydrogen) atoms. The Labute approximate surface area is 169 Å². The summed E-state index contributed by atoms with van der Waals surface area (Å²) >= 11 is 12.0. The fourth-order valence-electron chi connectivity index (χ4n) is 2.43. The van der Waals surface area contributed by atoms with Gasteiger partial charge in [0.1, 0.15) is 18.0 Å². The lowest BCUT2D eigenvalue weighted by Crippen LogP contribution is -2.12. The van der Waals surface area contributed by atoms with Crippen LogP contribution in [-0.2, 0) is 10.0 Å². The third-order valence-corrected chi connectivity index (χ3v) is 5.08. The predicted molar refractivity (Wildman–Crippen MR) is 107 cm³/mol. The Morgan fingerprint density at radius 3 is 2.71 bits per heavy atom. The molecule has 0 radical (unpaired) electrons. The molecular formula is C16H12Cl2N4O5S. The lowest BCUT2D eigenvalue weighted by molar-refractivity contribution is -0.384. The number of sulfonamides is 1. The van der Waals surface area contributed by atoms with Gasteiger partial charge in [0, 0.05) is 22.2 Å². The molecule has 0 spiro atoms. The van der Waals surface area contributed by atoms with Crippen LogP contribution in [0.4, 0.5) is 11.4 Å². The maximum atomic E-state index is 11.4. The zero-order valence-corrected chi connectivity index (χ0v) is 16.3. The number of benzene rings is 2. The number of hydrogen-bond acceptors (Lipinski definition) is 7. The molecule has 0 aromatic heterocycles. The molecule has 0 bridgehead atoms. The van der Waals surface area contributed by atoms with Gasteiger partial charge in [0.2, 0.25) is 10.0 Å². The highest BCUT2D eigenvalue weighted by Crippen LogP contribution is 2.36. The number of primary sulfonamides is 1. The first kappa shape index (κ1) is 20.1. The molecule has 1 aliphatic rings. The van der Waals surface area contributed by atoms with E-state index in [4.69, 9.17) is 33.1 Å². The number of nitrogens with zero attached hydrogens (tertiary/aromatic N) is 2. The predicted octanol–water partition coefficient (Wildman–Crippen LogP) is 3.42. The van der Waals surface area contributed by atoms with Crippen molar-refractivity contribution in [2.45, 2.75) is 4.90 Å². The summed E-state index contributed by atoms with van der Waals surface area (Å²) in [6, 6.07) is 6.45. The Bertz CT molecular complexity index is 1130. The Kier molecular flexibility index (Phi) is 5.57. The fourth-order valence-corrected chi connectivity index (χ4v) is 3.53. The molecular weight excluding hydrogens is 431 g/mol. The van der Waals surface area contributed by atoms with Crippen molar-refractivity contribution in [3.63, 3.8) is 0 Å². The van der Waals surface area contributed by atoms with Gasteiger partial charge in [-0.05, 0) is 30.3 Å². The van der Waals surface area contributed by atoms with Gasteiger partial charge in [0.25, 0.3) is 5.69 Å². The lowest BCUT2D eigenvalue weighted by atomic mass is 10.1. The topological polar surface area (TPSA) is 137 Å². The molecule has 1 aliphatic heterocycles. The number of ether oxygens (including phenoxy) is 1. The van der Waals surface area contributed by atoms with Gasteiger partial charge in [-0.2, -0.15) is 5.10 Å². The van der Waals surface area contributed by atoms with Crippen LogP contribution in [0.1, 0.15) is 5.56 Å². The first-order chi connectivity index (χ1) is 13.1. The van der Waals surface area contributed by atoms with E-state index in [1.54, 1.807) is 18.2 Å². The minimum Gasteiger partial charge on any atom is -0.487 e. The molecule has 0 aliphatic carbocycles. The number of fused-ring (bicyclic) bond motifs is 1. The molecule has 1 heterocycles. The second-order valence-corrected chi connectivity index (χ2v) is 8.07. The number of nitrogens with two attached hydrogens (primary N) is 1. The van der Waals surface area contributed by atoms with Gasteiger partial charge in [-0.25, -0.2) is 13.6 Å². The number of hydrazone groups is 1. The molecule has 3 N–H and O–H groups in total. The molecule has 12 heteroatoms. The molecule has 0 atom stereocenters. The molecule has 3 rings (SSSR count). The quantitative estimate of drug-likeness (QED) is 0.413. The van der Waals surface area contributed by atoms with Gasteiger partial charge in [0.15, 0.2) is 0 Å². The van der Waals surface area contributed by atoms with Crippen molar-refractivity contribution in [3.05, 3.63) is 61.6 Å². The molecule has 2 aromatic rings. The second kappa shape index (κ2) is 7.76. The molecule has 2 aromatic carbocycles. The fraction of sp³-hybridized carbons (Fsp3) is 0.0625. The monoisotopic (exact) mass is 442 g/mol. The molecule has 0 amide bonds. The molecule has 9 nitrogen and oxygen atoms in total. The van der Waals surface area contributed by atoms with E-state index in [-0.39, 0.29) is 17.2 Å². The van der Waals surface area contributed by atoms with E-state index in [0.717, 1.165) is 12.1 Å². The summed E-state index contributed by atoms with van der Waals surface area (Å²) in [5, 5.41) is 21.0. The van der Waals surface area contributed by atoms with Crippen molar-refractivity contribution in [3.8, 4) is 5.75 Å². The Balaban J connectivity index is 1.83. The van der Waals surface area contributed by atoms with Crippen molar-refractivity contribution >= 4 is 56.9 Å². The third kappa shape index (κ3) is 4.42. The van der Waals surface area contributed by atoms with E-state index in [9.17, 15) is 18.5 Å². The Morgan fingerprint density at radius 1 is 1.29 bits per heavy atom. The highest BCUT2D eigenvalue weighted by Gasteiger charge is 2.19. The first-order valence-electron chi connectivity index (χ1n) is 7.58. The highest BCUT2D eigenvalue weighted by atomic mass is 35.5. The van der Waals surface area contributed by atoms with E-state index >= 15 is 0 Å².